The molecule has 1 heterocycles. The Labute approximate surface area is 127 Å². The summed E-state index contributed by atoms with van der Waals surface area (Å²) in [6.45, 7) is 5.74. The van der Waals surface area contributed by atoms with E-state index < -0.39 is 0 Å². The van der Waals surface area contributed by atoms with Gasteiger partial charge in [0.05, 0.1) is 15.7 Å². The fourth-order valence-corrected chi connectivity index (χ4v) is 2.71. The molecule has 2 aromatic rings. The van der Waals surface area contributed by atoms with Crippen LogP contribution in [-0.2, 0) is 0 Å². The summed E-state index contributed by atoms with van der Waals surface area (Å²) in [5.74, 6) is 1.81. The second-order valence-corrected chi connectivity index (χ2v) is 5.88. The molecular weight excluding hydrogens is 301 g/mol. The summed E-state index contributed by atoms with van der Waals surface area (Å²) in [7, 11) is 0. The van der Waals surface area contributed by atoms with E-state index in [4.69, 9.17) is 23.2 Å². The fraction of sp³-hybridized carbons (Fsp3) is 0.308. The third-order valence-electron chi connectivity index (χ3n) is 2.52. The van der Waals surface area contributed by atoms with Crippen molar-refractivity contribution in [1.29, 1.82) is 0 Å². The summed E-state index contributed by atoms with van der Waals surface area (Å²) in [6.07, 6.45) is 1.99. The zero-order chi connectivity index (χ0) is 13.8. The van der Waals surface area contributed by atoms with Crippen LogP contribution in [0.25, 0.3) is 5.69 Å². The maximum atomic E-state index is 6.02. The van der Waals surface area contributed by atoms with Crippen LogP contribution in [0.1, 0.15) is 18.7 Å². The van der Waals surface area contributed by atoms with Crippen LogP contribution in [0.4, 0.5) is 0 Å². The third kappa shape index (κ3) is 3.65. The summed E-state index contributed by atoms with van der Waals surface area (Å²) < 4.78 is 1.77. The van der Waals surface area contributed by atoms with Crippen molar-refractivity contribution in [3.05, 3.63) is 41.0 Å². The highest BCUT2D eigenvalue weighted by molar-refractivity contribution is 7.99. The number of hydrogen-bond donors (Lipinski definition) is 0. The lowest BCUT2D eigenvalue weighted by Gasteiger charge is -2.04. The Kier molecular flexibility index (Phi) is 5.13. The first-order valence-electron chi connectivity index (χ1n) is 5.93. The Morgan fingerprint density at radius 1 is 1.32 bits per heavy atom. The van der Waals surface area contributed by atoms with E-state index in [-0.39, 0.29) is 0 Å². The topological polar surface area (TPSA) is 30.7 Å². The molecule has 0 bridgehead atoms. The molecule has 1 aromatic heterocycles. The smallest absolute Gasteiger partial charge is 0.209 e. The highest BCUT2D eigenvalue weighted by atomic mass is 35.5. The van der Waals surface area contributed by atoms with Crippen LogP contribution in [0.5, 0.6) is 0 Å². The Bertz CT molecular complexity index is 569. The molecule has 19 heavy (non-hydrogen) atoms. The number of unbranched alkanes of at least 4 members (excludes halogenated alkanes) is 1. The molecule has 1 radical (unpaired) electrons. The molecule has 2 rings (SSSR count). The summed E-state index contributed by atoms with van der Waals surface area (Å²) in [6, 6.07) is 5.42. The normalized spacial score (nSPS) is 10.9. The van der Waals surface area contributed by atoms with Crippen LogP contribution >= 0.6 is 35.0 Å². The molecule has 0 spiro atoms. The standard InChI is InChI=1S/C13H14Cl2N3S/c1-3-4-7-19-13-16-9(2)18(17-13)10-5-6-11(14)12(15)8-10/h5-6,8H,1,3-4,7H2,2H3. The molecule has 0 amide bonds. The van der Waals surface area contributed by atoms with Crippen molar-refractivity contribution in [2.24, 2.45) is 0 Å². The quantitative estimate of drug-likeness (QED) is 0.597. The van der Waals surface area contributed by atoms with Gasteiger partial charge in [0.15, 0.2) is 0 Å². The molecule has 0 atom stereocenters. The zero-order valence-corrected chi connectivity index (χ0v) is 12.9. The van der Waals surface area contributed by atoms with Gasteiger partial charge in [-0.25, -0.2) is 9.67 Å². The minimum absolute atomic E-state index is 0.514. The van der Waals surface area contributed by atoms with Gasteiger partial charge in [-0.3, -0.25) is 0 Å². The Morgan fingerprint density at radius 2 is 2.11 bits per heavy atom. The second kappa shape index (κ2) is 6.64. The van der Waals surface area contributed by atoms with Crippen molar-refractivity contribution in [3.63, 3.8) is 0 Å². The van der Waals surface area contributed by atoms with Gasteiger partial charge >= 0.3 is 0 Å². The largest absolute Gasteiger partial charge is 0.217 e. The minimum atomic E-state index is 0.514. The maximum absolute atomic E-state index is 6.02. The average molecular weight is 315 g/mol. The second-order valence-electron chi connectivity index (χ2n) is 4.01. The zero-order valence-electron chi connectivity index (χ0n) is 10.6. The molecule has 0 aliphatic carbocycles. The van der Waals surface area contributed by atoms with Crippen molar-refractivity contribution in [3.8, 4) is 5.69 Å². The Morgan fingerprint density at radius 3 is 2.79 bits per heavy atom. The summed E-state index contributed by atoms with van der Waals surface area (Å²) in [5.41, 5.74) is 0.864. The van der Waals surface area contributed by atoms with Crippen LogP contribution in [-0.4, -0.2) is 20.5 Å². The third-order valence-corrected chi connectivity index (χ3v) is 4.19. The molecule has 0 saturated heterocycles. The van der Waals surface area contributed by atoms with Gasteiger partial charge in [0.1, 0.15) is 5.82 Å². The van der Waals surface area contributed by atoms with E-state index in [1.165, 1.54) is 0 Å². The lowest BCUT2D eigenvalue weighted by molar-refractivity contribution is 0.812. The van der Waals surface area contributed by atoms with E-state index in [0.717, 1.165) is 35.3 Å². The highest BCUT2D eigenvalue weighted by Crippen LogP contribution is 2.25. The molecule has 0 unspecified atom stereocenters. The van der Waals surface area contributed by atoms with E-state index in [2.05, 4.69) is 17.0 Å². The first kappa shape index (κ1) is 14.7. The number of hydrogen-bond acceptors (Lipinski definition) is 3. The predicted molar refractivity (Wildman–Crippen MR) is 81.4 cm³/mol. The molecule has 101 valence electrons. The average Bonchev–Trinajstić information content (AvgIpc) is 2.74. The van der Waals surface area contributed by atoms with E-state index in [1.807, 2.05) is 13.0 Å². The van der Waals surface area contributed by atoms with Gasteiger partial charge in [-0.2, -0.15) is 0 Å². The number of nitrogens with zero attached hydrogens (tertiary/aromatic N) is 3. The fourth-order valence-electron chi connectivity index (χ4n) is 1.55. The number of rotatable bonds is 5. The summed E-state index contributed by atoms with van der Waals surface area (Å²) >= 11 is 13.6. The van der Waals surface area contributed by atoms with Crippen molar-refractivity contribution in [2.45, 2.75) is 24.9 Å². The Balaban J connectivity index is 2.22. The molecule has 0 N–H and O–H groups in total. The van der Waals surface area contributed by atoms with E-state index in [0.29, 0.717) is 10.0 Å². The van der Waals surface area contributed by atoms with Gasteiger partial charge in [0, 0.05) is 5.75 Å². The van der Waals surface area contributed by atoms with Crippen molar-refractivity contribution < 1.29 is 0 Å². The first-order chi connectivity index (χ1) is 9.11. The van der Waals surface area contributed by atoms with Gasteiger partial charge in [-0.05, 0) is 31.5 Å². The SMILES string of the molecule is [CH2]CCCSc1nc(C)n(-c2ccc(Cl)c(Cl)c2)n1. The molecule has 0 aliphatic heterocycles. The van der Waals surface area contributed by atoms with Crippen molar-refractivity contribution >= 4 is 35.0 Å². The van der Waals surface area contributed by atoms with E-state index in [1.54, 1.807) is 28.6 Å². The minimum Gasteiger partial charge on any atom is -0.217 e. The molecule has 0 aliphatic rings. The monoisotopic (exact) mass is 314 g/mol. The molecule has 1 aromatic carbocycles. The highest BCUT2D eigenvalue weighted by Gasteiger charge is 2.09. The van der Waals surface area contributed by atoms with Crippen LogP contribution in [0, 0.1) is 13.8 Å². The van der Waals surface area contributed by atoms with Crippen molar-refractivity contribution in [1.82, 2.24) is 14.8 Å². The van der Waals surface area contributed by atoms with Gasteiger partial charge in [0.25, 0.3) is 0 Å². The molecule has 0 fully saturated rings. The van der Waals surface area contributed by atoms with E-state index >= 15 is 0 Å². The molecule has 3 nitrogen and oxygen atoms in total. The van der Waals surface area contributed by atoms with Crippen LogP contribution in [0.3, 0.4) is 0 Å². The first-order valence-corrected chi connectivity index (χ1v) is 7.67. The summed E-state index contributed by atoms with van der Waals surface area (Å²) in [5, 5.41) is 6.29. The van der Waals surface area contributed by atoms with Crippen LogP contribution < -0.4 is 0 Å². The van der Waals surface area contributed by atoms with Crippen molar-refractivity contribution in [2.75, 3.05) is 5.75 Å². The van der Waals surface area contributed by atoms with Gasteiger partial charge in [-0.15, -0.1) is 5.10 Å². The lowest BCUT2D eigenvalue weighted by atomic mass is 10.3. The molecular formula is C13H14Cl2N3S. The van der Waals surface area contributed by atoms with E-state index in [9.17, 15) is 0 Å². The van der Waals surface area contributed by atoms with Gasteiger partial charge < -0.3 is 0 Å². The van der Waals surface area contributed by atoms with Crippen LogP contribution in [0.2, 0.25) is 10.0 Å². The number of aryl methyl sites for hydroxylation is 1. The predicted octanol–water partition coefficient (Wildman–Crippen LogP) is 4.59. The van der Waals surface area contributed by atoms with Gasteiger partial charge in [-0.1, -0.05) is 48.3 Å². The number of halogens is 2. The maximum Gasteiger partial charge on any atom is 0.209 e. The van der Waals surface area contributed by atoms with Crippen LogP contribution in [0.15, 0.2) is 23.4 Å². The lowest BCUT2D eigenvalue weighted by Crippen LogP contribution is -1.99. The molecule has 0 saturated carbocycles. The number of aromatic nitrogens is 3. The molecule has 6 heteroatoms. The Hall–Kier alpha value is -0.710. The number of thioether (sulfide) groups is 1. The van der Waals surface area contributed by atoms with Gasteiger partial charge in [0.2, 0.25) is 5.16 Å². The number of benzene rings is 1. The summed E-state index contributed by atoms with van der Waals surface area (Å²) in [4.78, 5) is 4.43.